The molecule has 19 heavy (non-hydrogen) atoms. The van der Waals surface area contributed by atoms with Crippen LogP contribution in [-0.2, 0) is 13.1 Å². The number of rotatable bonds is 4. The van der Waals surface area contributed by atoms with Crippen LogP contribution in [0.2, 0.25) is 0 Å². The van der Waals surface area contributed by atoms with Crippen LogP contribution in [-0.4, -0.2) is 4.98 Å². The third kappa shape index (κ3) is 3.61. The monoisotopic (exact) mass is 258 g/mol. The maximum atomic E-state index is 13.5. The number of halogens is 1. The highest BCUT2D eigenvalue weighted by Gasteiger charge is 2.04. The SMILES string of the molecule is Cc1ccc(CNCc2cc(C)c(F)c(C)c2)nc1. The first-order valence-electron chi connectivity index (χ1n) is 6.44. The first-order valence-corrected chi connectivity index (χ1v) is 6.44. The van der Waals surface area contributed by atoms with Crippen molar-refractivity contribution in [3.05, 3.63) is 64.2 Å². The minimum Gasteiger partial charge on any atom is -0.307 e. The van der Waals surface area contributed by atoms with Crippen LogP contribution in [0, 0.1) is 26.6 Å². The Balaban J connectivity index is 1.94. The van der Waals surface area contributed by atoms with Crippen LogP contribution in [0.4, 0.5) is 4.39 Å². The molecule has 2 aromatic rings. The van der Waals surface area contributed by atoms with Crippen LogP contribution >= 0.6 is 0 Å². The van der Waals surface area contributed by atoms with Gasteiger partial charge < -0.3 is 5.32 Å². The lowest BCUT2D eigenvalue weighted by atomic mass is 10.1. The van der Waals surface area contributed by atoms with Gasteiger partial charge in [0.15, 0.2) is 0 Å². The molecular formula is C16H19FN2. The summed E-state index contributed by atoms with van der Waals surface area (Å²) in [6, 6.07) is 7.84. The van der Waals surface area contributed by atoms with Crippen LogP contribution in [0.5, 0.6) is 0 Å². The Bertz CT molecular complexity index is 538. The molecule has 1 aromatic heterocycles. The summed E-state index contributed by atoms with van der Waals surface area (Å²) in [5.41, 5.74) is 4.67. The van der Waals surface area contributed by atoms with Gasteiger partial charge in [0.2, 0.25) is 0 Å². The predicted molar refractivity (Wildman–Crippen MR) is 75.4 cm³/mol. The molecule has 0 bridgehead atoms. The highest BCUT2D eigenvalue weighted by Crippen LogP contribution is 2.14. The van der Waals surface area contributed by atoms with E-state index in [9.17, 15) is 4.39 Å². The molecule has 1 N–H and O–H groups in total. The molecule has 1 heterocycles. The molecule has 100 valence electrons. The zero-order valence-electron chi connectivity index (χ0n) is 11.6. The van der Waals surface area contributed by atoms with E-state index in [1.165, 1.54) is 0 Å². The topological polar surface area (TPSA) is 24.9 Å². The van der Waals surface area contributed by atoms with Crippen molar-refractivity contribution in [3.8, 4) is 0 Å². The van der Waals surface area contributed by atoms with Crippen molar-refractivity contribution in [2.24, 2.45) is 0 Å². The number of hydrogen-bond acceptors (Lipinski definition) is 2. The van der Waals surface area contributed by atoms with E-state index in [1.54, 1.807) is 13.8 Å². The molecule has 1 aromatic carbocycles. The summed E-state index contributed by atoms with van der Waals surface area (Å²) in [6.45, 7) is 7.06. The Kier molecular flexibility index (Phi) is 4.27. The second-order valence-electron chi connectivity index (χ2n) is 4.97. The number of aromatic nitrogens is 1. The van der Waals surface area contributed by atoms with Gasteiger partial charge in [0.25, 0.3) is 0 Å². The zero-order chi connectivity index (χ0) is 13.8. The maximum absolute atomic E-state index is 13.5. The fraction of sp³-hybridized carbons (Fsp3) is 0.312. The smallest absolute Gasteiger partial charge is 0.129 e. The molecule has 2 rings (SSSR count). The van der Waals surface area contributed by atoms with Crippen molar-refractivity contribution in [1.82, 2.24) is 10.3 Å². The van der Waals surface area contributed by atoms with E-state index in [4.69, 9.17) is 0 Å². The number of aryl methyl sites for hydroxylation is 3. The molecule has 0 atom stereocenters. The van der Waals surface area contributed by atoms with E-state index < -0.39 is 0 Å². The van der Waals surface area contributed by atoms with Crippen LogP contribution in [0.25, 0.3) is 0 Å². The number of pyridine rings is 1. The minimum absolute atomic E-state index is 0.107. The summed E-state index contributed by atoms with van der Waals surface area (Å²) in [6.07, 6.45) is 1.86. The second kappa shape index (κ2) is 5.93. The van der Waals surface area contributed by atoms with E-state index in [0.717, 1.165) is 29.9 Å². The predicted octanol–water partition coefficient (Wildman–Crippen LogP) is 3.44. The van der Waals surface area contributed by atoms with E-state index in [1.807, 2.05) is 31.3 Å². The minimum atomic E-state index is -0.107. The van der Waals surface area contributed by atoms with Crippen molar-refractivity contribution < 1.29 is 4.39 Å². The molecule has 0 aliphatic heterocycles. The third-order valence-corrected chi connectivity index (χ3v) is 3.10. The van der Waals surface area contributed by atoms with Gasteiger partial charge in [-0.05, 0) is 49.1 Å². The summed E-state index contributed by atoms with van der Waals surface area (Å²) >= 11 is 0. The van der Waals surface area contributed by atoms with Crippen molar-refractivity contribution in [2.75, 3.05) is 0 Å². The van der Waals surface area contributed by atoms with Gasteiger partial charge >= 0.3 is 0 Å². The van der Waals surface area contributed by atoms with Gasteiger partial charge in [-0.25, -0.2) is 4.39 Å². The second-order valence-corrected chi connectivity index (χ2v) is 4.97. The summed E-state index contributed by atoms with van der Waals surface area (Å²) in [7, 11) is 0. The molecule has 0 saturated carbocycles. The van der Waals surface area contributed by atoms with Crippen molar-refractivity contribution in [3.63, 3.8) is 0 Å². The van der Waals surface area contributed by atoms with Gasteiger partial charge in [-0.2, -0.15) is 0 Å². The average Bonchev–Trinajstić information content (AvgIpc) is 2.38. The highest BCUT2D eigenvalue weighted by atomic mass is 19.1. The van der Waals surface area contributed by atoms with Crippen LogP contribution in [0.1, 0.15) is 27.9 Å². The quantitative estimate of drug-likeness (QED) is 0.908. The van der Waals surface area contributed by atoms with E-state index >= 15 is 0 Å². The first kappa shape index (κ1) is 13.7. The maximum Gasteiger partial charge on any atom is 0.129 e. The van der Waals surface area contributed by atoms with Crippen LogP contribution < -0.4 is 5.32 Å². The molecule has 0 aliphatic carbocycles. The van der Waals surface area contributed by atoms with Gasteiger partial charge in [-0.1, -0.05) is 18.2 Å². The number of nitrogens with one attached hydrogen (secondary N) is 1. The standard InChI is InChI=1S/C16H19FN2/c1-11-4-5-15(19-8-11)10-18-9-14-6-12(2)16(17)13(3)7-14/h4-8,18H,9-10H2,1-3H3. The normalized spacial score (nSPS) is 10.7. The van der Waals surface area contributed by atoms with Gasteiger partial charge in [-0.15, -0.1) is 0 Å². The zero-order valence-corrected chi connectivity index (χ0v) is 11.6. The number of hydrogen-bond donors (Lipinski definition) is 1. The lowest BCUT2D eigenvalue weighted by Gasteiger charge is -2.08. The molecule has 3 heteroatoms. The van der Waals surface area contributed by atoms with Crippen molar-refractivity contribution in [2.45, 2.75) is 33.9 Å². The highest BCUT2D eigenvalue weighted by molar-refractivity contribution is 5.30. The van der Waals surface area contributed by atoms with Gasteiger partial charge in [0, 0.05) is 19.3 Å². The number of nitrogens with zero attached hydrogens (tertiary/aromatic N) is 1. The van der Waals surface area contributed by atoms with Gasteiger partial charge in [-0.3, -0.25) is 4.98 Å². The van der Waals surface area contributed by atoms with E-state index in [2.05, 4.69) is 16.4 Å². The fourth-order valence-corrected chi connectivity index (χ4v) is 2.08. The lowest BCUT2D eigenvalue weighted by molar-refractivity contribution is 0.605. The molecule has 0 amide bonds. The Morgan fingerprint density at radius 2 is 1.74 bits per heavy atom. The Morgan fingerprint density at radius 3 is 2.32 bits per heavy atom. The van der Waals surface area contributed by atoms with Crippen molar-refractivity contribution in [1.29, 1.82) is 0 Å². The lowest BCUT2D eigenvalue weighted by Crippen LogP contribution is -2.14. The molecule has 2 nitrogen and oxygen atoms in total. The molecule has 0 radical (unpaired) electrons. The van der Waals surface area contributed by atoms with Crippen LogP contribution in [0.15, 0.2) is 30.5 Å². The molecular weight excluding hydrogens is 239 g/mol. The van der Waals surface area contributed by atoms with Crippen molar-refractivity contribution >= 4 is 0 Å². The average molecular weight is 258 g/mol. The first-order chi connectivity index (χ1) is 9.06. The molecule has 0 saturated heterocycles. The van der Waals surface area contributed by atoms with Crippen LogP contribution in [0.3, 0.4) is 0 Å². The van der Waals surface area contributed by atoms with E-state index in [0.29, 0.717) is 11.1 Å². The van der Waals surface area contributed by atoms with Gasteiger partial charge in [0.05, 0.1) is 5.69 Å². The summed E-state index contributed by atoms with van der Waals surface area (Å²) in [5, 5.41) is 3.33. The third-order valence-electron chi connectivity index (χ3n) is 3.10. The molecule has 0 spiro atoms. The Hall–Kier alpha value is -1.74. The largest absolute Gasteiger partial charge is 0.307 e. The summed E-state index contributed by atoms with van der Waals surface area (Å²) < 4.78 is 13.5. The number of benzene rings is 1. The fourth-order valence-electron chi connectivity index (χ4n) is 2.08. The molecule has 0 unspecified atom stereocenters. The Morgan fingerprint density at radius 1 is 1.05 bits per heavy atom. The van der Waals surface area contributed by atoms with E-state index in [-0.39, 0.29) is 5.82 Å². The molecule has 0 fully saturated rings. The summed E-state index contributed by atoms with van der Waals surface area (Å²) in [5.74, 6) is -0.107. The molecule has 0 aliphatic rings. The van der Waals surface area contributed by atoms with Gasteiger partial charge in [0.1, 0.15) is 5.82 Å². The Labute approximate surface area is 113 Å². The summed E-state index contributed by atoms with van der Waals surface area (Å²) in [4.78, 5) is 4.34.